The number of rotatable bonds is 6. The second kappa shape index (κ2) is 6.13. The van der Waals surface area contributed by atoms with Crippen LogP contribution < -0.4 is 14.8 Å². The molecule has 19 heavy (non-hydrogen) atoms. The Labute approximate surface area is 112 Å². The lowest BCUT2D eigenvalue weighted by Crippen LogP contribution is -1.99. The molecule has 0 aliphatic heterocycles. The molecule has 0 radical (unpaired) electrons. The SMILES string of the molecule is CCCNc1cc(-c2cc(OC)ccc2OC)[nH]n1. The van der Waals surface area contributed by atoms with Crippen molar-refractivity contribution in [3.63, 3.8) is 0 Å². The first kappa shape index (κ1) is 13.3. The molecular weight excluding hydrogens is 242 g/mol. The maximum absolute atomic E-state index is 5.37. The Morgan fingerprint density at radius 1 is 1.21 bits per heavy atom. The summed E-state index contributed by atoms with van der Waals surface area (Å²) in [6, 6.07) is 7.64. The van der Waals surface area contributed by atoms with Crippen LogP contribution in [0.4, 0.5) is 5.82 Å². The van der Waals surface area contributed by atoms with Crippen molar-refractivity contribution in [2.45, 2.75) is 13.3 Å². The van der Waals surface area contributed by atoms with E-state index in [9.17, 15) is 0 Å². The molecule has 1 aromatic carbocycles. The molecular formula is C14H19N3O2. The molecule has 0 spiro atoms. The smallest absolute Gasteiger partial charge is 0.148 e. The summed E-state index contributed by atoms with van der Waals surface area (Å²) >= 11 is 0. The van der Waals surface area contributed by atoms with Crippen LogP contribution in [-0.2, 0) is 0 Å². The van der Waals surface area contributed by atoms with Crippen LogP contribution in [0.5, 0.6) is 11.5 Å². The Kier molecular flexibility index (Phi) is 4.28. The lowest BCUT2D eigenvalue weighted by Gasteiger charge is -2.08. The van der Waals surface area contributed by atoms with Crippen molar-refractivity contribution < 1.29 is 9.47 Å². The van der Waals surface area contributed by atoms with Crippen molar-refractivity contribution in [2.75, 3.05) is 26.1 Å². The van der Waals surface area contributed by atoms with Crippen molar-refractivity contribution in [1.29, 1.82) is 0 Å². The van der Waals surface area contributed by atoms with Gasteiger partial charge < -0.3 is 14.8 Å². The number of nitrogens with zero attached hydrogens (tertiary/aromatic N) is 1. The number of aromatic nitrogens is 2. The van der Waals surface area contributed by atoms with E-state index in [-0.39, 0.29) is 0 Å². The minimum absolute atomic E-state index is 0.784. The molecule has 2 aromatic rings. The molecule has 0 unspecified atom stereocenters. The number of benzene rings is 1. The molecule has 2 rings (SSSR count). The number of hydrogen-bond acceptors (Lipinski definition) is 4. The largest absolute Gasteiger partial charge is 0.497 e. The van der Waals surface area contributed by atoms with E-state index < -0.39 is 0 Å². The zero-order valence-electron chi connectivity index (χ0n) is 11.5. The summed E-state index contributed by atoms with van der Waals surface area (Å²) in [5.74, 6) is 2.40. The average Bonchev–Trinajstić information content (AvgIpc) is 2.93. The van der Waals surface area contributed by atoms with Gasteiger partial charge in [0.2, 0.25) is 0 Å². The van der Waals surface area contributed by atoms with E-state index in [1.807, 2.05) is 24.3 Å². The van der Waals surface area contributed by atoms with Crippen molar-refractivity contribution in [2.24, 2.45) is 0 Å². The number of anilines is 1. The molecule has 0 saturated carbocycles. The quantitative estimate of drug-likeness (QED) is 0.839. The fourth-order valence-corrected chi connectivity index (χ4v) is 1.83. The van der Waals surface area contributed by atoms with E-state index in [2.05, 4.69) is 22.4 Å². The first-order valence-electron chi connectivity index (χ1n) is 6.30. The van der Waals surface area contributed by atoms with Gasteiger partial charge >= 0.3 is 0 Å². The van der Waals surface area contributed by atoms with Gasteiger partial charge in [0.1, 0.15) is 17.3 Å². The molecule has 102 valence electrons. The van der Waals surface area contributed by atoms with Gasteiger partial charge in [-0.05, 0) is 24.6 Å². The van der Waals surface area contributed by atoms with E-state index in [1.165, 1.54) is 0 Å². The maximum atomic E-state index is 5.37. The summed E-state index contributed by atoms with van der Waals surface area (Å²) in [5, 5.41) is 10.5. The Morgan fingerprint density at radius 2 is 2.05 bits per heavy atom. The highest BCUT2D eigenvalue weighted by Crippen LogP contribution is 2.33. The molecule has 2 N–H and O–H groups in total. The predicted octanol–water partition coefficient (Wildman–Crippen LogP) is 2.92. The highest BCUT2D eigenvalue weighted by molar-refractivity contribution is 5.71. The van der Waals surface area contributed by atoms with Crippen LogP contribution in [-0.4, -0.2) is 31.0 Å². The molecule has 0 saturated heterocycles. The first-order valence-corrected chi connectivity index (χ1v) is 6.30. The van der Waals surface area contributed by atoms with E-state index >= 15 is 0 Å². The number of nitrogens with one attached hydrogen (secondary N) is 2. The molecule has 0 aliphatic rings. The van der Waals surface area contributed by atoms with Crippen LogP contribution in [0.1, 0.15) is 13.3 Å². The van der Waals surface area contributed by atoms with Crippen molar-refractivity contribution in [1.82, 2.24) is 10.2 Å². The Bertz CT molecular complexity index is 537. The molecule has 0 bridgehead atoms. The van der Waals surface area contributed by atoms with Gasteiger partial charge in [-0.1, -0.05) is 6.92 Å². The van der Waals surface area contributed by atoms with Gasteiger partial charge in [0, 0.05) is 18.2 Å². The molecule has 0 amide bonds. The number of H-pyrrole nitrogens is 1. The van der Waals surface area contributed by atoms with Crippen LogP contribution >= 0.6 is 0 Å². The van der Waals surface area contributed by atoms with Crippen LogP contribution in [0.3, 0.4) is 0 Å². The van der Waals surface area contributed by atoms with E-state index in [4.69, 9.17) is 9.47 Å². The van der Waals surface area contributed by atoms with Gasteiger partial charge in [0.05, 0.1) is 19.9 Å². The van der Waals surface area contributed by atoms with Crippen LogP contribution in [0, 0.1) is 0 Å². The second-order valence-electron chi connectivity index (χ2n) is 4.16. The average molecular weight is 261 g/mol. The number of hydrogen-bond donors (Lipinski definition) is 2. The van der Waals surface area contributed by atoms with Gasteiger partial charge in [-0.15, -0.1) is 0 Å². The molecule has 0 fully saturated rings. The third-order valence-corrected chi connectivity index (χ3v) is 2.83. The van der Waals surface area contributed by atoms with E-state index in [0.29, 0.717) is 0 Å². The summed E-state index contributed by atoms with van der Waals surface area (Å²) in [4.78, 5) is 0. The molecule has 1 aromatic heterocycles. The van der Waals surface area contributed by atoms with Gasteiger partial charge in [-0.2, -0.15) is 5.10 Å². The maximum Gasteiger partial charge on any atom is 0.148 e. The monoisotopic (exact) mass is 261 g/mol. The standard InChI is InChI=1S/C14H19N3O2/c1-4-7-15-14-9-12(16-17-14)11-8-10(18-2)5-6-13(11)19-3/h5-6,8-9H,4,7H2,1-3H3,(H2,15,16,17). The van der Waals surface area contributed by atoms with Crippen molar-refractivity contribution in [3.05, 3.63) is 24.3 Å². The predicted molar refractivity (Wildman–Crippen MR) is 75.9 cm³/mol. The zero-order chi connectivity index (χ0) is 13.7. The third-order valence-electron chi connectivity index (χ3n) is 2.83. The first-order chi connectivity index (χ1) is 9.28. The molecule has 1 heterocycles. The Balaban J connectivity index is 2.31. The molecule has 0 aliphatic carbocycles. The summed E-state index contributed by atoms with van der Waals surface area (Å²) in [7, 11) is 3.30. The molecule has 5 nitrogen and oxygen atoms in total. The summed E-state index contributed by atoms with van der Waals surface area (Å²) in [6.45, 7) is 3.02. The Hall–Kier alpha value is -2.17. The summed E-state index contributed by atoms with van der Waals surface area (Å²) in [5.41, 5.74) is 1.83. The fourth-order valence-electron chi connectivity index (χ4n) is 1.83. The van der Waals surface area contributed by atoms with Gasteiger partial charge in [0.15, 0.2) is 0 Å². The summed E-state index contributed by atoms with van der Waals surface area (Å²) < 4.78 is 10.6. The fraction of sp³-hybridized carbons (Fsp3) is 0.357. The minimum atomic E-state index is 0.784. The van der Waals surface area contributed by atoms with Gasteiger partial charge in [-0.25, -0.2) is 0 Å². The normalized spacial score (nSPS) is 10.3. The number of ether oxygens (including phenoxy) is 2. The lowest BCUT2D eigenvalue weighted by atomic mass is 10.1. The highest BCUT2D eigenvalue weighted by Gasteiger charge is 2.10. The number of methoxy groups -OCH3 is 2. The highest BCUT2D eigenvalue weighted by atomic mass is 16.5. The molecule has 0 atom stereocenters. The molecule has 5 heteroatoms. The topological polar surface area (TPSA) is 59.2 Å². The summed E-state index contributed by atoms with van der Waals surface area (Å²) in [6.07, 6.45) is 1.06. The van der Waals surface area contributed by atoms with Gasteiger partial charge in [-0.3, -0.25) is 5.10 Å². The minimum Gasteiger partial charge on any atom is -0.497 e. The zero-order valence-corrected chi connectivity index (χ0v) is 11.5. The van der Waals surface area contributed by atoms with Crippen molar-refractivity contribution >= 4 is 5.82 Å². The second-order valence-corrected chi connectivity index (χ2v) is 4.16. The van der Waals surface area contributed by atoms with Crippen LogP contribution in [0.15, 0.2) is 24.3 Å². The van der Waals surface area contributed by atoms with Crippen molar-refractivity contribution in [3.8, 4) is 22.8 Å². The third kappa shape index (κ3) is 2.99. The van der Waals surface area contributed by atoms with E-state index in [0.717, 1.165) is 41.5 Å². The van der Waals surface area contributed by atoms with Crippen LogP contribution in [0.2, 0.25) is 0 Å². The lowest BCUT2D eigenvalue weighted by molar-refractivity contribution is 0.404. The van der Waals surface area contributed by atoms with Gasteiger partial charge in [0.25, 0.3) is 0 Å². The number of aromatic amines is 1. The Morgan fingerprint density at radius 3 is 2.74 bits per heavy atom. The van der Waals surface area contributed by atoms with E-state index in [1.54, 1.807) is 14.2 Å². The van der Waals surface area contributed by atoms with Crippen LogP contribution in [0.25, 0.3) is 11.3 Å².